The third kappa shape index (κ3) is 5.41. The van der Waals surface area contributed by atoms with E-state index in [9.17, 15) is 18.0 Å². The Bertz CT molecular complexity index is 793. The zero-order valence-electron chi connectivity index (χ0n) is 9.76. The Hall–Kier alpha value is -1.23. The number of aromatic amines is 2. The first-order valence-corrected chi connectivity index (χ1v) is 8.08. The maximum absolute atomic E-state index is 10.9. The van der Waals surface area contributed by atoms with E-state index in [4.69, 9.17) is 5.14 Å². The summed E-state index contributed by atoms with van der Waals surface area (Å²) in [6.07, 6.45) is 2.93. The molecule has 0 aliphatic carbocycles. The molecule has 0 saturated carbocycles. The molecule has 0 spiro atoms. The molecule has 0 unspecified atom stereocenters. The molecule has 0 aliphatic heterocycles. The van der Waals surface area contributed by atoms with Crippen LogP contribution in [0.2, 0.25) is 0 Å². The minimum absolute atomic E-state index is 0.0757. The Balaban J connectivity index is 0.000000217. The van der Waals surface area contributed by atoms with Gasteiger partial charge in [-0.2, -0.15) is 0 Å². The second-order valence-corrected chi connectivity index (χ2v) is 6.79. The maximum atomic E-state index is 10.9. The van der Waals surface area contributed by atoms with Gasteiger partial charge in [-0.1, -0.05) is 0 Å². The minimum Gasteiger partial charge on any atom is -0.328 e. The van der Waals surface area contributed by atoms with Crippen LogP contribution in [0.3, 0.4) is 0 Å². The highest BCUT2D eigenvalue weighted by Crippen LogP contribution is 2.08. The zero-order valence-corrected chi connectivity index (χ0v) is 13.7. The molecule has 10 heteroatoms. The third-order valence-electron chi connectivity index (χ3n) is 1.89. The summed E-state index contributed by atoms with van der Waals surface area (Å²) >= 11 is 6.17. The van der Waals surface area contributed by atoms with Crippen molar-refractivity contribution in [2.75, 3.05) is 0 Å². The third-order valence-corrected chi connectivity index (χ3v) is 3.75. The minimum atomic E-state index is -3.93. The number of nitrogens with two attached hydrogens (primary N) is 1. The summed E-state index contributed by atoms with van der Waals surface area (Å²) in [4.78, 5) is 25.5. The summed E-state index contributed by atoms with van der Waals surface area (Å²) in [5.41, 5.74) is -0.797. The summed E-state index contributed by atoms with van der Waals surface area (Å²) in [6, 6.07) is 4.30. The predicted octanol–water partition coefficient (Wildman–Crippen LogP) is 0.922. The van der Waals surface area contributed by atoms with Gasteiger partial charge in [0.05, 0.1) is 0 Å². The van der Waals surface area contributed by atoms with Gasteiger partial charge < -0.3 is 9.97 Å². The molecule has 108 valence electrons. The van der Waals surface area contributed by atoms with Gasteiger partial charge in [0.2, 0.25) is 15.6 Å². The molecule has 2 rings (SSSR count). The number of rotatable bonds is 1. The molecular weight excluding hydrogens is 418 g/mol. The first-order valence-electron chi connectivity index (χ1n) is 4.95. The summed E-state index contributed by atoms with van der Waals surface area (Å²) in [5, 5.41) is 4.76. The number of pyridine rings is 2. The van der Waals surface area contributed by atoms with Crippen molar-refractivity contribution < 1.29 is 8.42 Å². The predicted molar refractivity (Wildman–Crippen MR) is 80.9 cm³/mol. The van der Waals surface area contributed by atoms with Crippen molar-refractivity contribution in [2.45, 2.75) is 4.90 Å². The lowest BCUT2D eigenvalue weighted by molar-refractivity contribution is 0.596. The highest BCUT2D eigenvalue weighted by Gasteiger charge is 2.12. The van der Waals surface area contributed by atoms with Crippen LogP contribution < -0.4 is 16.3 Å². The Morgan fingerprint density at radius 3 is 2.00 bits per heavy atom. The highest BCUT2D eigenvalue weighted by molar-refractivity contribution is 9.10. The topological polar surface area (TPSA) is 126 Å². The van der Waals surface area contributed by atoms with E-state index in [1.165, 1.54) is 12.3 Å². The van der Waals surface area contributed by atoms with Gasteiger partial charge in [0.25, 0.3) is 5.56 Å². The number of primary sulfonamides is 1. The number of hydrogen-bond donors (Lipinski definition) is 3. The second kappa shape index (κ2) is 6.97. The van der Waals surface area contributed by atoms with E-state index in [0.717, 1.165) is 10.5 Å². The van der Waals surface area contributed by atoms with Gasteiger partial charge in [-0.15, -0.1) is 0 Å². The summed E-state index contributed by atoms with van der Waals surface area (Å²) in [6.45, 7) is 0. The van der Waals surface area contributed by atoms with Gasteiger partial charge in [-0.25, -0.2) is 13.6 Å². The molecule has 0 amide bonds. The number of H-pyrrole nitrogens is 2. The van der Waals surface area contributed by atoms with E-state index in [2.05, 4.69) is 41.8 Å². The molecule has 0 bridgehead atoms. The molecule has 0 aliphatic rings. The number of nitrogens with one attached hydrogen (secondary N) is 2. The Morgan fingerprint density at radius 2 is 1.60 bits per heavy atom. The molecule has 2 heterocycles. The van der Waals surface area contributed by atoms with E-state index in [0.29, 0.717) is 4.47 Å². The highest BCUT2D eigenvalue weighted by atomic mass is 79.9. The van der Waals surface area contributed by atoms with Crippen LogP contribution in [-0.4, -0.2) is 18.4 Å². The molecule has 0 fully saturated rings. The SMILES string of the molecule is NS(=O)(=O)c1cc(Br)c[nH]c1=O.O=c1ccc(Br)c[nH]1. The standard InChI is InChI=1S/C5H5BrN2O3S.C5H4BrNO/c6-3-1-4(12(7,10)11)5(9)8-2-3;6-4-1-2-5(8)7-3-4/h1-2H,(H,8,9)(H2,7,10,11);1-3H,(H,7,8). The summed E-state index contributed by atoms with van der Waals surface area (Å²) < 4.78 is 22.8. The normalized spacial score (nSPS) is 10.6. The van der Waals surface area contributed by atoms with Crippen molar-refractivity contribution in [3.05, 3.63) is 60.2 Å². The Kier molecular flexibility index (Phi) is 5.87. The largest absolute Gasteiger partial charge is 0.328 e. The lowest BCUT2D eigenvalue weighted by atomic mass is 10.5. The first kappa shape index (κ1) is 16.8. The van der Waals surface area contributed by atoms with Crippen molar-refractivity contribution in [1.82, 2.24) is 9.97 Å². The maximum Gasteiger partial charge on any atom is 0.268 e. The van der Waals surface area contributed by atoms with Crippen molar-refractivity contribution in [2.24, 2.45) is 5.14 Å². The number of aromatic nitrogens is 2. The number of halogens is 2. The molecule has 20 heavy (non-hydrogen) atoms. The Morgan fingerprint density at radius 1 is 1.00 bits per heavy atom. The molecule has 0 aromatic carbocycles. The summed E-state index contributed by atoms with van der Waals surface area (Å²) in [7, 11) is -3.93. The van der Waals surface area contributed by atoms with Crippen molar-refractivity contribution in [1.29, 1.82) is 0 Å². The van der Waals surface area contributed by atoms with E-state index in [1.807, 2.05) is 0 Å². The molecule has 0 saturated heterocycles. The fourth-order valence-corrected chi connectivity index (χ4v) is 2.39. The second-order valence-electron chi connectivity index (χ2n) is 3.43. The Labute approximate surface area is 130 Å². The molecule has 0 radical (unpaired) electrons. The zero-order chi connectivity index (χ0) is 15.3. The van der Waals surface area contributed by atoms with Crippen LogP contribution in [0.1, 0.15) is 0 Å². The van der Waals surface area contributed by atoms with Crippen LogP contribution in [0.5, 0.6) is 0 Å². The lowest BCUT2D eigenvalue weighted by Crippen LogP contribution is -2.22. The van der Waals surface area contributed by atoms with Crippen LogP contribution in [0.15, 0.2) is 54.0 Å². The van der Waals surface area contributed by atoms with Gasteiger partial charge in [0.1, 0.15) is 4.90 Å². The quantitative estimate of drug-likeness (QED) is 0.626. The monoisotopic (exact) mass is 425 g/mol. The molecular formula is C10H9Br2N3O4S. The van der Waals surface area contributed by atoms with Crippen LogP contribution in [0.4, 0.5) is 0 Å². The van der Waals surface area contributed by atoms with Gasteiger partial charge in [0.15, 0.2) is 0 Å². The molecule has 0 atom stereocenters. The molecule has 2 aromatic rings. The van der Waals surface area contributed by atoms with Crippen molar-refractivity contribution in [3.8, 4) is 0 Å². The van der Waals surface area contributed by atoms with Gasteiger partial charge in [-0.05, 0) is 44.0 Å². The fraction of sp³-hybridized carbons (Fsp3) is 0. The average molecular weight is 427 g/mol. The van der Waals surface area contributed by atoms with Crippen LogP contribution in [0, 0.1) is 0 Å². The lowest BCUT2D eigenvalue weighted by Gasteiger charge is -1.95. The smallest absolute Gasteiger partial charge is 0.268 e. The van der Waals surface area contributed by atoms with Crippen LogP contribution in [-0.2, 0) is 10.0 Å². The number of hydrogen-bond acceptors (Lipinski definition) is 4. The van der Waals surface area contributed by atoms with Crippen molar-refractivity contribution >= 4 is 41.9 Å². The molecule has 4 N–H and O–H groups in total. The van der Waals surface area contributed by atoms with E-state index in [1.54, 1.807) is 12.3 Å². The van der Waals surface area contributed by atoms with Crippen LogP contribution in [0.25, 0.3) is 0 Å². The fourth-order valence-electron chi connectivity index (χ4n) is 1.04. The van der Waals surface area contributed by atoms with Crippen molar-refractivity contribution in [3.63, 3.8) is 0 Å². The summed E-state index contributed by atoms with van der Waals surface area (Å²) in [5.74, 6) is 0. The van der Waals surface area contributed by atoms with E-state index in [-0.39, 0.29) is 5.56 Å². The van der Waals surface area contributed by atoms with Crippen LogP contribution >= 0.6 is 31.9 Å². The van der Waals surface area contributed by atoms with Gasteiger partial charge in [0, 0.05) is 27.4 Å². The first-order chi connectivity index (χ1) is 9.20. The van der Waals surface area contributed by atoms with E-state index < -0.39 is 20.5 Å². The van der Waals surface area contributed by atoms with Gasteiger partial charge >= 0.3 is 0 Å². The average Bonchev–Trinajstić information content (AvgIpc) is 2.35. The number of sulfonamides is 1. The molecule has 2 aromatic heterocycles. The molecule has 7 nitrogen and oxygen atoms in total. The van der Waals surface area contributed by atoms with Gasteiger partial charge in [-0.3, -0.25) is 9.59 Å². The van der Waals surface area contributed by atoms with E-state index >= 15 is 0 Å².